The summed E-state index contributed by atoms with van der Waals surface area (Å²) in [4.78, 5) is 49.8. The second-order valence-corrected chi connectivity index (χ2v) is 8.69. The molecule has 11 heteroatoms. The van der Waals surface area contributed by atoms with Gasteiger partial charge in [-0.2, -0.15) is 0 Å². The van der Waals surface area contributed by atoms with Gasteiger partial charge in [0.1, 0.15) is 18.1 Å². The molecule has 0 aromatic heterocycles. The summed E-state index contributed by atoms with van der Waals surface area (Å²) in [6.07, 6.45) is 1.21. The van der Waals surface area contributed by atoms with Crippen LogP contribution in [0, 0.1) is 11.8 Å². The third-order valence-electron chi connectivity index (χ3n) is 5.98. The number of nitrogens with one attached hydrogen (secondary N) is 3. The van der Waals surface area contributed by atoms with E-state index >= 15 is 0 Å². The van der Waals surface area contributed by atoms with Crippen molar-refractivity contribution in [1.29, 1.82) is 0 Å². The van der Waals surface area contributed by atoms with Crippen molar-refractivity contribution >= 4 is 23.7 Å². The number of carbonyl (C=O) groups excluding carboxylic acids is 3. The minimum atomic E-state index is -1.40. The van der Waals surface area contributed by atoms with Crippen molar-refractivity contribution in [3.05, 3.63) is 0 Å². The largest absolute Gasteiger partial charge is 0.480 e. The van der Waals surface area contributed by atoms with Gasteiger partial charge in [0.25, 0.3) is 0 Å². The molecule has 192 valence electrons. The van der Waals surface area contributed by atoms with Gasteiger partial charge in [-0.15, -0.1) is 0 Å². The lowest BCUT2D eigenvalue weighted by Gasteiger charge is -2.29. The number of amides is 3. The van der Waals surface area contributed by atoms with Crippen LogP contribution in [0.4, 0.5) is 0 Å². The summed E-state index contributed by atoms with van der Waals surface area (Å²) in [6.45, 7) is 9.07. The maximum Gasteiger partial charge on any atom is 0.326 e. The number of aliphatic carboxylic acids is 1. The van der Waals surface area contributed by atoms with Gasteiger partial charge in [-0.25, -0.2) is 4.79 Å². The van der Waals surface area contributed by atoms with Crippen molar-refractivity contribution in [2.75, 3.05) is 6.54 Å². The number of carboxylic acids is 1. The zero-order chi connectivity index (χ0) is 25.7. The van der Waals surface area contributed by atoms with E-state index in [0.29, 0.717) is 32.2 Å². The molecule has 0 saturated heterocycles. The molecule has 0 aromatic carbocycles. The predicted molar refractivity (Wildman–Crippen MR) is 125 cm³/mol. The Bertz CT molecular complexity index is 645. The molecule has 0 saturated carbocycles. The van der Waals surface area contributed by atoms with Gasteiger partial charge >= 0.3 is 5.97 Å². The van der Waals surface area contributed by atoms with Crippen LogP contribution in [0.2, 0.25) is 0 Å². The number of unbranched alkanes of at least 4 members (excludes halogenated alkanes) is 1. The number of hydrogen-bond acceptors (Lipinski definition) is 7. The molecule has 7 unspecified atom stereocenters. The molecule has 11 nitrogen and oxygen atoms in total. The normalized spacial score (nSPS) is 17.6. The fourth-order valence-corrected chi connectivity index (χ4v) is 3.12. The number of aliphatic hydroxyl groups excluding tert-OH is 1. The molecule has 0 bridgehead atoms. The Balaban J connectivity index is 5.45. The van der Waals surface area contributed by atoms with Gasteiger partial charge in [-0.3, -0.25) is 14.4 Å². The summed E-state index contributed by atoms with van der Waals surface area (Å²) in [6, 6.07) is -4.36. The number of rotatable bonds is 16. The first kappa shape index (κ1) is 30.8. The Hall–Kier alpha value is -2.24. The molecule has 0 heterocycles. The molecule has 0 rings (SSSR count). The van der Waals surface area contributed by atoms with Crippen molar-refractivity contribution in [3.63, 3.8) is 0 Å². The van der Waals surface area contributed by atoms with E-state index in [2.05, 4.69) is 16.0 Å². The molecule has 0 aromatic rings. The Morgan fingerprint density at radius 2 is 1.33 bits per heavy atom. The second kappa shape index (κ2) is 15.6. The minimum Gasteiger partial charge on any atom is -0.480 e. The molecule has 0 aliphatic carbocycles. The van der Waals surface area contributed by atoms with Crippen molar-refractivity contribution in [1.82, 2.24) is 16.0 Å². The van der Waals surface area contributed by atoms with Crippen LogP contribution in [-0.4, -0.2) is 70.7 Å². The molecule has 3 amide bonds. The lowest BCUT2D eigenvalue weighted by Crippen LogP contribution is -2.61. The summed E-state index contributed by atoms with van der Waals surface area (Å²) >= 11 is 0. The van der Waals surface area contributed by atoms with Crippen molar-refractivity contribution in [2.45, 2.75) is 97.0 Å². The van der Waals surface area contributed by atoms with Crippen molar-refractivity contribution in [2.24, 2.45) is 23.3 Å². The molecule has 7 atom stereocenters. The third-order valence-corrected chi connectivity index (χ3v) is 5.98. The zero-order valence-electron chi connectivity index (χ0n) is 20.5. The van der Waals surface area contributed by atoms with Crippen LogP contribution in [0.5, 0.6) is 0 Å². The fourth-order valence-electron chi connectivity index (χ4n) is 3.12. The zero-order valence-corrected chi connectivity index (χ0v) is 20.5. The van der Waals surface area contributed by atoms with E-state index < -0.39 is 54.0 Å². The molecular formula is C22H43N5O6. The molecule has 0 aliphatic rings. The Morgan fingerprint density at radius 1 is 0.818 bits per heavy atom. The van der Waals surface area contributed by atoms with Crippen LogP contribution < -0.4 is 27.4 Å². The smallest absolute Gasteiger partial charge is 0.326 e. The maximum absolute atomic E-state index is 13.0. The van der Waals surface area contributed by atoms with Crippen LogP contribution in [0.15, 0.2) is 0 Å². The van der Waals surface area contributed by atoms with Crippen LogP contribution in [-0.2, 0) is 19.2 Å². The van der Waals surface area contributed by atoms with E-state index in [-0.39, 0.29) is 18.3 Å². The van der Waals surface area contributed by atoms with Crippen molar-refractivity contribution in [3.8, 4) is 0 Å². The molecule has 0 aliphatic heterocycles. The summed E-state index contributed by atoms with van der Waals surface area (Å²) in [5, 5.41) is 27.0. The van der Waals surface area contributed by atoms with Gasteiger partial charge in [0, 0.05) is 0 Å². The quantitative estimate of drug-likeness (QED) is 0.145. The van der Waals surface area contributed by atoms with Gasteiger partial charge in [0.2, 0.25) is 17.7 Å². The molecule has 0 fully saturated rings. The number of hydrogen-bond donors (Lipinski definition) is 7. The fraction of sp³-hybridized carbons (Fsp3) is 0.818. The molecule has 33 heavy (non-hydrogen) atoms. The summed E-state index contributed by atoms with van der Waals surface area (Å²) in [7, 11) is 0. The highest BCUT2D eigenvalue weighted by Gasteiger charge is 2.34. The number of carbonyl (C=O) groups is 4. The van der Waals surface area contributed by atoms with Crippen molar-refractivity contribution < 1.29 is 29.4 Å². The van der Waals surface area contributed by atoms with Gasteiger partial charge in [0.05, 0.1) is 12.1 Å². The van der Waals surface area contributed by atoms with Gasteiger partial charge in [0.15, 0.2) is 0 Å². The minimum absolute atomic E-state index is 0.0890. The average molecular weight is 474 g/mol. The summed E-state index contributed by atoms with van der Waals surface area (Å²) in [5.41, 5.74) is 11.4. The average Bonchev–Trinajstić information content (AvgIpc) is 2.77. The van der Waals surface area contributed by atoms with E-state index in [1.165, 1.54) is 6.92 Å². The maximum atomic E-state index is 13.0. The first-order valence-electron chi connectivity index (χ1n) is 11.7. The van der Waals surface area contributed by atoms with Gasteiger partial charge in [-0.05, 0) is 44.6 Å². The molecule has 0 spiro atoms. The Morgan fingerprint density at radius 3 is 1.79 bits per heavy atom. The Labute approximate surface area is 196 Å². The highest BCUT2D eigenvalue weighted by Crippen LogP contribution is 2.12. The first-order chi connectivity index (χ1) is 15.4. The highest BCUT2D eigenvalue weighted by atomic mass is 16.4. The number of aliphatic hydroxyl groups is 1. The Kier molecular flexibility index (Phi) is 14.5. The van der Waals surface area contributed by atoms with Crippen LogP contribution >= 0.6 is 0 Å². The van der Waals surface area contributed by atoms with E-state index in [1.54, 1.807) is 6.92 Å². The van der Waals surface area contributed by atoms with Crippen LogP contribution in [0.1, 0.15) is 66.7 Å². The van der Waals surface area contributed by atoms with Gasteiger partial charge < -0.3 is 37.6 Å². The third kappa shape index (κ3) is 10.5. The van der Waals surface area contributed by atoms with Crippen LogP contribution in [0.3, 0.4) is 0 Å². The predicted octanol–water partition coefficient (Wildman–Crippen LogP) is -0.545. The second-order valence-electron chi connectivity index (χ2n) is 8.69. The van der Waals surface area contributed by atoms with E-state index in [0.717, 1.165) is 0 Å². The van der Waals surface area contributed by atoms with E-state index in [9.17, 15) is 29.4 Å². The molecule has 0 radical (unpaired) electrons. The van der Waals surface area contributed by atoms with E-state index in [1.807, 2.05) is 20.8 Å². The van der Waals surface area contributed by atoms with Crippen LogP contribution in [0.25, 0.3) is 0 Å². The highest BCUT2D eigenvalue weighted by molar-refractivity contribution is 5.94. The SMILES string of the molecule is CCC(C)C(N)C(=O)NC(C(=O)NC(C(=O)NC(CCCCN)C(=O)O)C(C)O)C(C)CC. The lowest BCUT2D eigenvalue weighted by molar-refractivity contribution is -0.143. The van der Waals surface area contributed by atoms with E-state index in [4.69, 9.17) is 11.5 Å². The number of carboxylic acid groups (broad SMARTS) is 1. The standard InChI is InChI=1S/C22H43N5O6/c1-6-12(3)16(24)19(29)26-17(13(4)7-2)20(30)27-18(14(5)28)21(31)25-15(22(32)33)10-8-9-11-23/h12-18,28H,6-11,23-24H2,1-5H3,(H,25,31)(H,26,29)(H,27,30)(H,32,33). The summed E-state index contributed by atoms with van der Waals surface area (Å²) in [5.74, 6) is -3.56. The molecular weight excluding hydrogens is 430 g/mol. The number of nitrogens with two attached hydrogens (primary N) is 2. The lowest BCUT2D eigenvalue weighted by atomic mass is 9.95. The van der Waals surface area contributed by atoms with Gasteiger partial charge in [-0.1, -0.05) is 40.5 Å². The monoisotopic (exact) mass is 473 g/mol. The summed E-state index contributed by atoms with van der Waals surface area (Å²) < 4.78 is 0. The topological polar surface area (TPSA) is 197 Å². The first-order valence-corrected chi connectivity index (χ1v) is 11.7. The molecule has 9 N–H and O–H groups in total.